The molecule has 8 nitrogen and oxygen atoms in total. The molecule has 0 radical (unpaired) electrons. The number of carbonyl (C=O) groups is 1. The van der Waals surface area contributed by atoms with Gasteiger partial charge in [-0.3, -0.25) is 4.79 Å². The predicted octanol–water partition coefficient (Wildman–Crippen LogP) is 1.91. The maximum absolute atomic E-state index is 12.5. The van der Waals surface area contributed by atoms with Gasteiger partial charge in [0.2, 0.25) is 10.0 Å². The summed E-state index contributed by atoms with van der Waals surface area (Å²) < 4.78 is 32.0. The first-order valence-corrected chi connectivity index (χ1v) is 9.82. The number of rotatable bonds is 4. The Labute approximate surface area is 151 Å². The Morgan fingerprint density at radius 2 is 1.88 bits per heavy atom. The van der Waals surface area contributed by atoms with Gasteiger partial charge >= 0.3 is 0 Å². The standard InChI is InChI=1S/C17H18N4O4S/c1-12-4-6-15(25-12)14-10-17(22)21(19-14)16-7-5-13(11-18-16)26(23,24)20-8-2-3-9-20/h4-7,11H,2-3,8-10H2,1H3. The fraction of sp³-hybridized carbons (Fsp3) is 0.353. The third kappa shape index (κ3) is 2.93. The van der Waals surface area contributed by atoms with Gasteiger partial charge in [0, 0.05) is 19.3 Å². The van der Waals surface area contributed by atoms with Crippen LogP contribution in [0.3, 0.4) is 0 Å². The second kappa shape index (κ2) is 6.33. The number of aryl methyl sites for hydroxylation is 1. The van der Waals surface area contributed by atoms with Gasteiger partial charge in [-0.1, -0.05) is 0 Å². The smallest absolute Gasteiger partial charge is 0.255 e. The summed E-state index contributed by atoms with van der Waals surface area (Å²) in [6, 6.07) is 6.54. The molecule has 1 saturated heterocycles. The Bertz CT molecular complexity index is 972. The Morgan fingerprint density at radius 1 is 1.12 bits per heavy atom. The summed E-state index contributed by atoms with van der Waals surface area (Å²) in [5.41, 5.74) is 0.527. The average Bonchev–Trinajstić information content (AvgIpc) is 3.35. The van der Waals surface area contributed by atoms with Crippen molar-refractivity contribution in [1.29, 1.82) is 0 Å². The number of anilines is 1. The molecule has 0 N–H and O–H groups in total. The number of amides is 1. The lowest BCUT2D eigenvalue weighted by Crippen LogP contribution is -2.28. The number of hydrazone groups is 1. The molecule has 1 fully saturated rings. The van der Waals surface area contributed by atoms with Gasteiger partial charge < -0.3 is 4.42 Å². The summed E-state index contributed by atoms with van der Waals surface area (Å²) in [7, 11) is -3.53. The normalized spacial score (nSPS) is 18.6. The van der Waals surface area contributed by atoms with Gasteiger partial charge in [0.15, 0.2) is 11.6 Å². The monoisotopic (exact) mass is 374 g/mol. The number of nitrogens with zero attached hydrogens (tertiary/aromatic N) is 4. The molecule has 0 spiro atoms. The highest BCUT2D eigenvalue weighted by Crippen LogP contribution is 2.25. The van der Waals surface area contributed by atoms with Crippen molar-refractivity contribution in [2.45, 2.75) is 31.1 Å². The van der Waals surface area contributed by atoms with E-state index in [1.54, 1.807) is 12.1 Å². The van der Waals surface area contributed by atoms with Gasteiger partial charge in [-0.05, 0) is 44.0 Å². The zero-order valence-corrected chi connectivity index (χ0v) is 15.1. The van der Waals surface area contributed by atoms with Crippen molar-refractivity contribution in [3.63, 3.8) is 0 Å². The van der Waals surface area contributed by atoms with Crippen molar-refractivity contribution in [3.8, 4) is 0 Å². The molecule has 4 heterocycles. The van der Waals surface area contributed by atoms with Gasteiger partial charge in [0.05, 0.1) is 6.42 Å². The number of furan rings is 1. The fourth-order valence-electron chi connectivity index (χ4n) is 3.06. The third-order valence-corrected chi connectivity index (χ3v) is 6.32. The molecule has 1 amide bonds. The number of aromatic nitrogens is 1. The first kappa shape index (κ1) is 16.9. The van der Waals surface area contributed by atoms with Crippen LogP contribution in [0.25, 0.3) is 0 Å². The quantitative estimate of drug-likeness (QED) is 0.814. The molecule has 2 aromatic rings. The molecule has 0 unspecified atom stereocenters. The fourth-order valence-corrected chi connectivity index (χ4v) is 4.53. The van der Waals surface area contributed by atoms with Gasteiger partial charge in [-0.15, -0.1) is 0 Å². The third-order valence-electron chi connectivity index (χ3n) is 4.44. The number of hydrogen-bond acceptors (Lipinski definition) is 6. The van der Waals surface area contributed by atoms with E-state index in [1.807, 2.05) is 6.92 Å². The molecule has 9 heteroatoms. The Kier molecular flexibility index (Phi) is 4.12. The lowest BCUT2D eigenvalue weighted by atomic mass is 10.2. The number of hydrogen-bond donors (Lipinski definition) is 0. The minimum absolute atomic E-state index is 0.114. The second-order valence-electron chi connectivity index (χ2n) is 6.30. The molecule has 0 aliphatic carbocycles. The van der Waals surface area contributed by atoms with Crippen LogP contribution in [-0.2, 0) is 14.8 Å². The van der Waals surface area contributed by atoms with Gasteiger partial charge in [0.25, 0.3) is 5.91 Å². The topological polar surface area (TPSA) is 96.1 Å². The van der Waals surface area contributed by atoms with Crippen LogP contribution in [0.1, 0.15) is 30.8 Å². The van der Waals surface area contributed by atoms with Crippen LogP contribution in [0.2, 0.25) is 0 Å². The summed E-state index contributed by atoms with van der Waals surface area (Å²) in [6.07, 6.45) is 3.14. The van der Waals surface area contributed by atoms with Crippen molar-refractivity contribution in [1.82, 2.24) is 9.29 Å². The largest absolute Gasteiger partial charge is 0.460 e. The summed E-state index contributed by atoms with van der Waals surface area (Å²) in [5, 5.41) is 5.46. The van der Waals surface area contributed by atoms with E-state index in [0.29, 0.717) is 24.6 Å². The Hall–Kier alpha value is -2.52. The van der Waals surface area contributed by atoms with Gasteiger partial charge in [-0.2, -0.15) is 14.4 Å². The summed E-state index contributed by atoms with van der Waals surface area (Å²) in [6.45, 7) is 2.88. The number of pyridine rings is 1. The van der Waals surface area contributed by atoms with E-state index in [2.05, 4.69) is 10.1 Å². The lowest BCUT2D eigenvalue weighted by Gasteiger charge is -2.16. The highest BCUT2D eigenvalue weighted by Gasteiger charge is 2.30. The van der Waals surface area contributed by atoms with Crippen molar-refractivity contribution in [2.24, 2.45) is 5.10 Å². The number of carbonyl (C=O) groups excluding carboxylic acids is 1. The van der Waals surface area contributed by atoms with Gasteiger partial charge in [0.1, 0.15) is 16.4 Å². The molecular formula is C17H18N4O4S. The van der Waals surface area contributed by atoms with Crippen molar-refractivity contribution < 1.29 is 17.6 Å². The van der Waals surface area contributed by atoms with Crippen LogP contribution in [-0.4, -0.2) is 42.4 Å². The lowest BCUT2D eigenvalue weighted by molar-refractivity contribution is -0.116. The van der Waals surface area contributed by atoms with Crippen LogP contribution >= 0.6 is 0 Å². The minimum Gasteiger partial charge on any atom is -0.460 e. The maximum Gasteiger partial charge on any atom is 0.255 e. The van der Waals surface area contributed by atoms with Crippen molar-refractivity contribution in [2.75, 3.05) is 18.1 Å². The molecule has 2 aliphatic heterocycles. The molecule has 0 saturated carbocycles. The molecule has 2 aliphatic rings. The van der Waals surface area contributed by atoms with E-state index in [0.717, 1.165) is 18.6 Å². The van der Waals surface area contributed by atoms with Crippen LogP contribution in [0.15, 0.2) is 44.9 Å². The van der Waals surface area contributed by atoms with E-state index >= 15 is 0 Å². The SMILES string of the molecule is Cc1ccc(C2=NN(c3ccc(S(=O)(=O)N4CCCC4)cn3)C(=O)C2)o1. The van der Waals surface area contributed by atoms with E-state index in [9.17, 15) is 13.2 Å². The maximum atomic E-state index is 12.5. The summed E-state index contributed by atoms with van der Waals surface area (Å²) >= 11 is 0. The highest BCUT2D eigenvalue weighted by atomic mass is 32.2. The highest BCUT2D eigenvalue weighted by molar-refractivity contribution is 7.89. The summed E-state index contributed by atoms with van der Waals surface area (Å²) in [4.78, 5) is 16.5. The molecule has 0 aromatic carbocycles. The predicted molar refractivity (Wildman–Crippen MR) is 94.3 cm³/mol. The molecule has 0 atom stereocenters. The molecule has 26 heavy (non-hydrogen) atoms. The van der Waals surface area contributed by atoms with Crippen LogP contribution in [0.5, 0.6) is 0 Å². The molecule has 136 valence electrons. The average molecular weight is 374 g/mol. The molecule has 0 bridgehead atoms. The molecular weight excluding hydrogens is 356 g/mol. The van der Waals surface area contributed by atoms with Crippen molar-refractivity contribution >= 4 is 27.5 Å². The van der Waals surface area contributed by atoms with Crippen LogP contribution in [0.4, 0.5) is 5.82 Å². The van der Waals surface area contributed by atoms with E-state index in [1.165, 1.54) is 27.6 Å². The first-order chi connectivity index (χ1) is 12.4. The second-order valence-corrected chi connectivity index (χ2v) is 8.24. The van der Waals surface area contributed by atoms with E-state index in [4.69, 9.17) is 4.42 Å². The molecule has 2 aromatic heterocycles. The Morgan fingerprint density at radius 3 is 2.50 bits per heavy atom. The minimum atomic E-state index is -3.53. The zero-order valence-electron chi connectivity index (χ0n) is 14.3. The number of sulfonamides is 1. The first-order valence-electron chi connectivity index (χ1n) is 8.38. The molecule has 4 rings (SSSR count). The zero-order chi connectivity index (χ0) is 18.3. The summed E-state index contributed by atoms with van der Waals surface area (Å²) in [5.74, 6) is 1.33. The van der Waals surface area contributed by atoms with E-state index < -0.39 is 10.0 Å². The van der Waals surface area contributed by atoms with Crippen LogP contribution in [0, 0.1) is 6.92 Å². The van der Waals surface area contributed by atoms with Crippen LogP contribution < -0.4 is 5.01 Å². The Balaban J connectivity index is 1.59. The van der Waals surface area contributed by atoms with Gasteiger partial charge in [-0.25, -0.2) is 13.4 Å². The van der Waals surface area contributed by atoms with Crippen molar-refractivity contribution in [3.05, 3.63) is 42.0 Å². The van der Waals surface area contributed by atoms with E-state index in [-0.39, 0.29) is 23.0 Å².